The van der Waals surface area contributed by atoms with Crippen LogP contribution >= 0.6 is 0 Å². The largest absolute Gasteiger partial charge is 0.484 e. The molecule has 0 fully saturated rings. The quantitative estimate of drug-likeness (QED) is 0.529. The molecule has 2 aromatic carbocycles. The van der Waals surface area contributed by atoms with E-state index >= 15 is 0 Å². The Hall–Kier alpha value is -3.62. The number of carbonyl (C=O) groups is 2. The number of amides is 2. The number of benzene rings is 2. The van der Waals surface area contributed by atoms with E-state index in [2.05, 4.69) is 10.9 Å². The molecular weight excluding hydrogens is 366 g/mol. The molecule has 148 valence electrons. The van der Waals surface area contributed by atoms with Crippen LogP contribution in [0.25, 0.3) is 0 Å². The van der Waals surface area contributed by atoms with Crippen molar-refractivity contribution in [3.63, 3.8) is 0 Å². The fourth-order valence-corrected chi connectivity index (χ4v) is 2.14. The molecule has 0 spiro atoms. The molecule has 0 unspecified atom stereocenters. The summed E-state index contributed by atoms with van der Waals surface area (Å²) < 4.78 is 10.7. The van der Waals surface area contributed by atoms with Gasteiger partial charge in [0.2, 0.25) is 0 Å². The fourth-order valence-electron chi connectivity index (χ4n) is 2.14. The van der Waals surface area contributed by atoms with Crippen molar-refractivity contribution in [1.82, 2.24) is 10.9 Å². The summed E-state index contributed by atoms with van der Waals surface area (Å²) in [6.45, 7) is 3.23. The SMILES string of the molecule is CCc1ccc(O[C@H](C)C(=O)NNC(=O)COc2ccc([N+](=O)[O-])cc2)cc1. The number of hydrazine groups is 1. The third kappa shape index (κ3) is 6.27. The van der Waals surface area contributed by atoms with Crippen molar-refractivity contribution in [3.05, 3.63) is 64.2 Å². The molecule has 0 heterocycles. The zero-order chi connectivity index (χ0) is 20.5. The minimum Gasteiger partial charge on any atom is -0.484 e. The van der Waals surface area contributed by atoms with Gasteiger partial charge in [-0.2, -0.15) is 0 Å². The van der Waals surface area contributed by atoms with Gasteiger partial charge in [0, 0.05) is 12.1 Å². The third-order valence-corrected chi connectivity index (χ3v) is 3.76. The summed E-state index contributed by atoms with van der Waals surface area (Å²) in [4.78, 5) is 33.8. The second-order valence-corrected chi connectivity index (χ2v) is 5.83. The lowest BCUT2D eigenvalue weighted by molar-refractivity contribution is -0.384. The number of hydrogen-bond acceptors (Lipinski definition) is 6. The van der Waals surface area contributed by atoms with E-state index in [-0.39, 0.29) is 12.3 Å². The van der Waals surface area contributed by atoms with Crippen LogP contribution in [0.15, 0.2) is 48.5 Å². The lowest BCUT2D eigenvalue weighted by Crippen LogP contribution is -2.48. The summed E-state index contributed by atoms with van der Waals surface area (Å²) in [5.74, 6) is -0.276. The first-order chi connectivity index (χ1) is 13.4. The highest BCUT2D eigenvalue weighted by molar-refractivity contribution is 5.85. The van der Waals surface area contributed by atoms with Crippen molar-refractivity contribution in [2.24, 2.45) is 0 Å². The lowest BCUT2D eigenvalue weighted by Gasteiger charge is -2.15. The summed E-state index contributed by atoms with van der Waals surface area (Å²) in [6, 6.07) is 12.7. The minimum absolute atomic E-state index is 0.0811. The smallest absolute Gasteiger partial charge is 0.279 e. The molecule has 2 amide bonds. The number of carbonyl (C=O) groups excluding carboxylic acids is 2. The Morgan fingerprint density at radius 2 is 1.64 bits per heavy atom. The van der Waals surface area contributed by atoms with Crippen LogP contribution < -0.4 is 20.3 Å². The predicted molar refractivity (Wildman–Crippen MR) is 101 cm³/mol. The van der Waals surface area contributed by atoms with Crippen molar-refractivity contribution in [3.8, 4) is 11.5 Å². The van der Waals surface area contributed by atoms with Gasteiger partial charge < -0.3 is 9.47 Å². The Bertz CT molecular complexity index is 821. The number of nitrogens with zero attached hydrogens (tertiary/aromatic N) is 1. The van der Waals surface area contributed by atoms with Gasteiger partial charge in [0.15, 0.2) is 12.7 Å². The first-order valence-electron chi connectivity index (χ1n) is 8.60. The van der Waals surface area contributed by atoms with E-state index in [0.29, 0.717) is 11.5 Å². The van der Waals surface area contributed by atoms with Crippen molar-refractivity contribution < 1.29 is 24.0 Å². The van der Waals surface area contributed by atoms with Crippen LogP contribution in [0.3, 0.4) is 0 Å². The molecule has 0 radical (unpaired) electrons. The Labute approximate surface area is 161 Å². The van der Waals surface area contributed by atoms with Gasteiger partial charge in [-0.05, 0) is 43.2 Å². The fraction of sp³-hybridized carbons (Fsp3) is 0.263. The van der Waals surface area contributed by atoms with Crippen LogP contribution in [0.4, 0.5) is 5.69 Å². The highest BCUT2D eigenvalue weighted by Crippen LogP contribution is 2.17. The maximum absolute atomic E-state index is 12.0. The molecule has 0 bridgehead atoms. The number of hydrogen-bond donors (Lipinski definition) is 2. The molecule has 0 saturated carbocycles. The second-order valence-electron chi connectivity index (χ2n) is 5.83. The van der Waals surface area contributed by atoms with Crippen LogP contribution in [-0.4, -0.2) is 29.4 Å². The number of nitrogens with one attached hydrogen (secondary N) is 2. The average Bonchev–Trinajstić information content (AvgIpc) is 2.71. The predicted octanol–water partition coefficient (Wildman–Crippen LogP) is 2.15. The zero-order valence-corrected chi connectivity index (χ0v) is 15.5. The molecule has 0 aliphatic heterocycles. The molecule has 2 N–H and O–H groups in total. The summed E-state index contributed by atoms with van der Waals surface area (Å²) in [5, 5.41) is 10.6. The second kappa shape index (κ2) is 9.91. The van der Waals surface area contributed by atoms with Gasteiger partial charge in [-0.3, -0.25) is 30.6 Å². The molecule has 28 heavy (non-hydrogen) atoms. The van der Waals surface area contributed by atoms with Gasteiger partial charge in [0.25, 0.3) is 17.5 Å². The van der Waals surface area contributed by atoms with E-state index in [9.17, 15) is 19.7 Å². The van der Waals surface area contributed by atoms with E-state index in [1.165, 1.54) is 24.3 Å². The number of aryl methyl sites for hydroxylation is 1. The van der Waals surface area contributed by atoms with Gasteiger partial charge in [-0.15, -0.1) is 0 Å². The van der Waals surface area contributed by atoms with Gasteiger partial charge in [0.05, 0.1) is 4.92 Å². The molecule has 9 heteroatoms. The number of non-ortho nitro benzene ring substituents is 1. The standard InChI is InChI=1S/C19H21N3O6/c1-3-14-4-8-17(9-5-14)28-13(2)19(24)21-20-18(23)12-27-16-10-6-15(7-11-16)22(25)26/h4-11,13H,3,12H2,1-2H3,(H,20,23)(H,21,24)/t13-/m1/s1. The van der Waals surface area contributed by atoms with Crippen molar-refractivity contribution in [2.45, 2.75) is 26.4 Å². The maximum Gasteiger partial charge on any atom is 0.279 e. The number of rotatable bonds is 8. The number of nitro groups is 1. The summed E-state index contributed by atoms with van der Waals surface area (Å²) in [5.41, 5.74) is 5.54. The summed E-state index contributed by atoms with van der Waals surface area (Å²) >= 11 is 0. The summed E-state index contributed by atoms with van der Waals surface area (Å²) in [6.07, 6.45) is 0.0907. The van der Waals surface area contributed by atoms with Crippen molar-refractivity contribution in [2.75, 3.05) is 6.61 Å². The molecular formula is C19H21N3O6. The topological polar surface area (TPSA) is 120 Å². The number of nitro benzene ring substituents is 1. The minimum atomic E-state index is -0.816. The van der Waals surface area contributed by atoms with Gasteiger partial charge in [-0.25, -0.2) is 0 Å². The molecule has 9 nitrogen and oxygen atoms in total. The van der Waals surface area contributed by atoms with Gasteiger partial charge in [0.1, 0.15) is 11.5 Å². The monoisotopic (exact) mass is 387 g/mol. The van der Waals surface area contributed by atoms with Crippen LogP contribution in [0, 0.1) is 10.1 Å². The molecule has 0 saturated heterocycles. The number of ether oxygens (including phenoxy) is 2. The molecule has 0 aromatic heterocycles. The van der Waals surface area contributed by atoms with Gasteiger partial charge in [-0.1, -0.05) is 19.1 Å². The summed E-state index contributed by atoms with van der Waals surface area (Å²) in [7, 11) is 0. The Morgan fingerprint density at radius 1 is 1.04 bits per heavy atom. The van der Waals surface area contributed by atoms with E-state index in [1.807, 2.05) is 19.1 Å². The van der Waals surface area contributed by atoms with Crippen LogP contribution in [0.5, 0.6) is 11.5 Å². The van der Waals surface area contributed by atoms with Crippen molar-refractivity contribution in [1.29, 1.82) is 0 Å². The molecule has 2 rings (SSSR count). The van der Waals surface area contributed by atoms with Crippen molar-refractivity contribution >= 4 is 17.5 Å². The Morgan fingerprint density at radius 3 is 2.21 bits per heavy atom. The highest BCUT2D eigenvalue weighted by atomic mass is 16.6. The Balaban J connectivity index is 1.73. The maximum atomic E-state index is 12.0. The molecule has 1 atom stereocenters. The van der Waals surface area contributed by atoms with Crippen LogP contribution in [0.2, 0.25) is 0 Å². The first-order valence-corrected chi connectivity index (χ1v) is 8.60. The average molecular weight is 387 g/mol. The molecule has 0 aliphatic rings. The highest BCUT2D eigenvalue weighted by Gasteiger charge is 2.15. The van der Waals surface area contributed by atoms with Gasteiger partial charge >= 0.3 is 0 Å². The van der Waals surface area contributed by atoms with E-state index < -0.39 is 22.8 Å². The molecule has 2 aromatic rings. The third-order valence-electron chi connectivity index (χ3n) is 3.76. The Kier molecular flexibility index (Phi) is 7.32. The van der Waals surface area contributed by atoms with Crippen LogP contribution in [0.1, 0.15) is 19.4 Å². The first kappa shape index (κ1) is 20.7. The van der Waals surface area contributed by atoms with E-state index in [4.69, 9.17) is 9.47 Å². The van der Waals surface area contributed by atoms with Crippen LogP contribution in [-0.2, 0) is 16.0 Å². The van der Waals surface area contributed by atoms with E-state index in [0.717, 1.165) is 12.0 Å². The lowest BCUT2D eigenvalue weighted by atomic mass is 10.2. The molecule has 0 aliphatic carbocycles. The van der Waals surface area contributed by atoms with E-state index in [1.54, 1.807) is 19.1 Å². The normalized spacial score (nSPS) is 11.2. The zero-order valence-electron chi connectivity index (χ0n) is 15.5.